The molecule has 2 aliphatic heterocycles. The van der Waals surface area contributed by atoms with Gasteiger partial charge in [-0.2, -0.15) is 0 Å². The van der Waals surface area contributed by atoms with E-state index >= 15 is 0 Å². The standard InChI is InChI=1S/C33H37F2N5O3S/c1-2-22-43-29-14-8-26(9-15-29)36-31(41)23-30-32(42)40(28-12-6-25(35)7-13-28)33(44)39(30)17-3-16-37-18-20-38(21-19-37)27-10-4-24(34)5-11-27/h4-15,30H,2-3,16-23H2,1H3,(H,36,41)/t30-/m1/s1. The second kappa shape index (κ2) is 14.6. The number of halogens is 2. The number of nitrogens with zero attached hydrogens (tertiary/aromatic N) is 4. The fourth-order valence-corrected chi connectivity index (χ4v) is 5.92. The van der Waals surface area contributed by atoms with Crippen molar-refractivity contribution < 1.29 is 23.1 Å². The molecule has 3 aromatic rings. The van der Waals surface area contributed by atoms with Gasteiger partial charge in [-0.25, -0.2) is 8.78 Å². The molecule has 0 unspecified atom stereocenters. The van der Waals surface area contributed by atoms with E-state index in [4.69, 9.17) is 17.0 Å². The van der Waals surface area contributed by atoms with Crippen LogP contribution in [0.25, 0.3) is 0 Å². The highest BCUT2D eigenvalue weighted by molar-refractivity contribution is 7.80. The van der Waals surface area contributed by atoms with E-state index in [1.807, 2.05) is 11.8 Å². The summed E-state index contributed by atoms with van der Waals surface area (Å²) >= 11 is 5.76. The van der Waals surface area contributed by atoms with Crippen molar-refractivity contribution in [1.29, 1.82) is 0 Å². The Morgan fingerprint density at radius 1 is 0.886 bits per heavy atom. The maximum atomic E-state index is 13.7. The number of carbonyl (C=O) groups is 2. The number of amides is 2. The summed E-state index contributed by atoms with van der Waals surface area (Å²) in [6.45, 7) is 7.31. The van der Waals surface area contributed by atoms with Crippen molar-refractivity contribution in [2.45, 2.75) is 32.2 Å². The Kier molecular flexibility index (Phi) is 10.4. The lowest BCUT2D eigenvalue weighted by atomic mass is 10.1. The van der Waals surface area contributed by atoms with Gasteiger partial charge in [0.1, 0.15) is 23.4 Å². The van der Waals surface area contributed by atoms with Crippen LogP contribution in [0, 0.1) is 11.6 Å². The molecule has 44 heavy (non-hydrogen) atoms. The quantitative estimate of drug-likeness (QED) is 0.276. The summed E-state index contributed by atoms with van der Waals surface area (Å²) < 4.78 is 32.6. The molecule has 3 aromatic carbocycles. The van der Waals surface area contributed by atoms with E-state index in [2.05, 4.69) is 15.1 Å². The molecule has 2 fully saturated rings. The number of hydrogen-bond donors (Lipinski definition) is 1. The zero-order valence-electron chi connectivity index (χ0n) is 24.8. The molecule has 1 atom stereocenters. The van der Waals surface area contributed by atoms with Gasteiger partial charge in [0.25, 0.3) is 5.91 Å². The van der Waals surface area contributed by atoms with E-state index in [0.29, 0.717) is 29.6 Å². The third-order valence-corrected chi connectivity index (χ3v) is 8.25. The van der Waals surface area contributed by atoms with Crippen LogP contribution >= 0.6 is 12.2 Å². The van der Waals surface area contributed by atoms with Gasteiger partial charge in [0.15, 0.2) is 5.11 Å². The Bertz CT molecular complexity index is 1430. The van der Waals surface area contributed by atoms with Crippen LogP contribution in [0.3, 0.4) is 0 Å². The molecule has 2 aliphatic rings. The van der Waals surface area contributed by atoms with Crippen LogP contribution in [0.4, 0.5) is 25.8 Å². The van der Waals surface area contributed by atoms with Crippen LogP contribution < -0.4 is 19.9 Å². The zero-order chi connectivity index (χ0) is 31.1. The molecule has 0 spiro atoms. The normalized spacial score (nSPS) is 17.3. The van der Waals surface area contributed by atoms with Crippen molar-refractivity contribution >= 4 is 46.2 Å². The Balaban J connectivity index is 1.20. The van der Waals surface area contributed by atoms with E-state index in [-0.39, 0.29) is 24.1 Å². The number of ether oxygens (including phenoxy) is 1. The second-order valence-electron chi connectivity index (χ2n) is 10.9. The summed E-state index contributed by atoms with van der Waals surface area (Å²) in [6, 6.07) is 18.5. The van der Waals surface area contributed by atoms with Gasteiger partial charge in [-0.15, -0.1) is 0 Å². The summed E-state index contributed by atoms with van der Waals surface area (Å²) in [4.78, 5) is 34.6. The SMILES string of the molecule is CCCOc1ccc(NC(=O)C[C@@H]2C(=O)N(c3ccc(F)cc3)C(=S)N2CCCN2CCN(c3ccc(F)cc3)CC2)cc1. The van der Waals surface area contributed by atoms with Crippen LogP contribution in [-0.2, 0) is 9.59 Å². The van der Waals surface area contributed by atoms with Crippen molar-refractivity contribution in [2.24, 2.45) is 0 Å². The van der Waals surface area contributed by atoms with Crippen LogP contribution in [0.2, 0.25) is 0 Å². The first kappa shape index (κ1) is 31.3. The summed E-state index contributed by atoms with van der Waals surface area (Å²) in [5, 5.41) is 3.18. The van der Waals surface area contributed by atoms with Gasteiger partial charge in [0, 0.05) is 44.1 Å². The van der Waals surface area contributed by atoms with E-state index in [9.17, 15) is 18.4 Å². The number of carbonyl (C=O) groups excluding carboxylic acids is 2. The Morgan fingerprint density at radius 2 is 1.50 bits per heavy atom. The van der Waals surface area contributed by atoms with Gasteiger partial charge in [-0.1, -0.05) is 6.92 Å². The van der Waals surface area contributed by atoms with Gasteiger partial charge < -0.3 is 19.9 Å². The summed E-state index contributed by atoms with van der Waals surface area (Å²) in [5.41, 5.74) is 2.08. The lowest BCUT2D eigenvalue weighted by molar-refractivity contribution is -0.124. The lowest BCUT2D eigenvalue weighted by Gasteiger charge is -2.36. The molecule has 1 N–H and O–H groups in total. The molecule has 2 saturated heterocycles. The van der Waals surface area contributed by atoms with E-state index < -0.39 is 11.9 Å². The van der Waals surface area contributed by atoms with Crippen LogP contribution in [0.15, 0.2) is 72.8 Å². The fraction of sp³-hybridized carbons (Fsp3) is 0.364. The topological polar surface area (TPSA) is 68.4 Å². The molecule has 0 saturated carbocycles. The number of anilines is 3. The number of hydrogen-bond acceptors (Lipinski definition) is 6. The monoisotopic (exact) mass is 621 g/mol. The van der Waals surface area contributed by atoms with Crippen molar-refractivity contribution in [3.8, 4) is 5.75 Å². The second-order valence-corrected chi connectivity index (χ2v) is 11.3. The van der Waals surface area contributed by atoms with Gasteiger partial charge in [-0.3, -0.25) is 19.4 Å². The van der Waals surface area contributed by atoms with Crippen molar-refractivity contribution in [3.05, 3.63) is 84.4 Å². The van der Waals surface area contributed by atoms with Gasteiger partial charge in [0.2, 0.25) is 5.91 Å². The molecule has 0 bridgehead atoms. The molecule has 8 nitrogen and oxygen atoms in total. The van der Waals surface area contributed by atoms with E-state index in [1.165, 1.54) is 41.3 Å². The van der Waals surface area contributed by atoms with Gasteiger partial charge in [0.05, 0.1) is 18.7 Å². The average Bonchev–Trinajstić information content (AvgIpc) is 3.25. The van der Waals surface area contributed by atoms with Crippen LogP contribution in [0.5, 0.6) is 5.75 Å². The molecule has 11 heteroatoms. The van der Waals surface area contributed by atoms with Gasteiger partial charge in [-0.05, 0) is 104 Å². The first-order valence-corrected chi connectivity index (χ1v) is 15.4. The third kappa shape index (κ3) is 7.70. The lowest BCUT2D eigenvalue weighted by Crippen LogP contribution is -2.47. The zero-order valence-corrected chi connectivity index (χ0v) is 25.6. The third-order valence-electron chi connectivity index (χ3n) is 7.83. The molecule has 0 aliphatic carbocycles. The number of benzene rings is 3. The number of thiocarbonyl (C=S) groups is 1. The van der Waals surface area contributed by atoms with Gasteiger partial charge >= 0.3 is 0 Å². The highest BCUT2D eigenvalue weighted by Crippen LogP contribution is 2.28. The summed E-state index contributed by atoms with van der Waals surface area (Å²) in [6.07, 6.45) is 1.55. The predicted molar refractivity (Wildman–Crippen MR) is 172 cm³/mol. The molecule has 0 radical (unpaired) electrons. The minimum Gasteiger partial charge on any atom is -0.494 e. The van der Waals surface area contributed by atoms with Crippen molar-refractivity contribution in [1.82, 2.24) is 9.80 Å². The van der Waals surface area contributed by atoms with Crippen LogP contribution in [-0.4, -0.2) is 78.6 Å². The minimum atomic E-state index is -0.782. The molecule has 2 heterocycles. The largest absolute Gasteiger partial charge is 0.494 e. The first-order chi connectivity index (χ1) is 21.3. The smallest absolute Gasteiger partial charge is 0.256 e. The number of nitrogens with one attached hydrogen (secondary N) is 1. The van der Waals surface area contributed by atoms with Crippen molar-refractivity contribution in [3.63, 3.8) is 0 Å². The number of piperazine rings is 1. The Morgan fingerprint density at radius 3 is 2.11 bits per heavy atom. The highest BCUT2D eigenvalue weighted by Gasteiger charge is 2.44. The Labute approximate surface area is 262 Å². The summed E-state index contributed by atoms with van der Waals surface area (Å²) in [5.74, 6) is -0.556. The first-order valence-electron chi connectivity index (χ1n) is 15.0. The molecule has 232 valence electrons. The Hall–Kier alpha value is -4.09. The van der Waals surface area contributed by atoms with E-state index in [1.54, 1.807) is 36.4 Å². The average molecular weight is 622 g/mol. The minimum absolute atomic E-state index is 0.0822. The maximum absolute atomic E-state index is 13.7. The van der Waals surface area contributed by atoms with E-state index in [0.717, 1.165) is 57.0 Å². The highest BCUT2D eigenvalue weighted by atomic mass is 32.1. The summed E-state index contributed by atoms with van der Waals surface area (Å²) in [7, 11) is 0. The molecular formula is C33H37F2N5O3S. The number of rotatable bonds is 12. The molecular weight excluding hydrogens is 584 g/mol. The van der Waals surface area contributed by atoms with Crippen molar-refractivity contribution in [2.75, 3.05) is 61.0 Å². The van der Waals surface area contributed by atoms with Crippen LogP contribution in [0.1, 0.15) is 26.2 Å². The predicted octanol–water partition coefficient (Wildman–Crippen LogP) is 5.30. The fourth-order valence-electron chi connectivity index (χ4n) is 5.50. The molecule has 0 aromatic heterocycles. The molecule has 5 rings (SSSR count). The maximum Gasteiger partial charge on any atom is 0.256 e. The molecule has 2 amide bonds.